The summed E-state index contributed by atoms with van der Waals surface area (Å²) in [6, 6.07) is 13.6. The van der Waals surface area contributed by atoms with Crippen molar-refractivity contribution in [3.8, 4) is 5.75 Å². The molecule has 0 unspecified atom stereocenters. The summed E-state index contributed by atoms with van der Waals surface area (Å²) >= 11 is 3.22. The first kappa shape index (κ1) is 12.6. The highest BCUT2D eigenvalue weighted by Crippen LogP contribution is 2.38. The molecule has 4 rings (SSSR count). The predicted molar refractivity (Wildman–Crippen MR) is 87.2 cm³/mol. The van der Waals surface area contributed by atoms with Crippen molar-refractivity contribution in [2.75, 3.05) is 0 Å². The van der Waals surface area contributed by atoms with Crippen molar-refractivity contribution in [3.63, 3.8) is 0 Å². The molecule has 5 heteroatoms. The molecule has 0 aliphatic carbocycles. The van der Waals surface area contributed by atoms with Crippen molar-refractivity contribution < 1.29 is 5.11 Å². The van der Waals surface area contributed by atoms with Crippen molar-refractivity contribution in [2.45, 2.75) is 9.92 Å². The van der Waals surface area contributed by atoms with E-state index in [-0.39, 0.29) is 0 Å². The van der Waals surface area contributed by atoms with Crippen molar-refractivity contribution in [3.05, 3.63) is 54.2 Å². The van der Waals surface area contributed by atoms with Crippen molar-refractivity contribution in [1.82, 2.24) is 9.97 Å². The van der Waals surface area contributed by atoms with Crippen LogP contribution < -0.4 is 0 Å². The van der Waals surface area contributed by atoms with Gasteiger partial charge in [0, 0.05) is 15.7 Å². The van der Waals surface area contributed by atoms with Crippen LogP contribution in [0, 0.1) is 0 Å². The van der Waals surface area contributed by atoms with Crippen molar-refractivity contribution in [1.29, 1.82) is 0 Å². The maximum absolute atomic E-state index is 9.97. The van der Waals surface area contributed by atoms with Crippen molar-refractivity contribution in [2.24, 2.45) is 0 Å². The molecule has 0 saturated heterocycles. The lowest BCUT2D eigenvalue weighted by atomic mass is 10.1. The highest BCUT2D eigenvalue weighted by Gasteiger charge is 2.10. The molecule has 0 amide bonds. The third-order valence-corrected chi connectivity index (χ3v) is 5.21. The SMILES string of the molecule is Oc1ccc(Sc2ncnc3sccc23)c2ccccc12. The van der Waals surface area contributed by atoms with E-state index in [9.17, 15) is 5.11 Å². The molecule has 2 aromatic carbocycles. The van der Waals surface area contributed by atoms with E-state index >= 15 is 0 Å². The maximum Gasteiger partial charge on any atom is 0.127 e. The summed E-state index contributed by atoms with van der Waals surface area (Å²) in [5.74, 6) is 0.304. The molecule has 2 heterocycles. The molecular formula is C16H10N2OS2. The Kier molecular flexibility index (Phi) is 3.02. The van der Waals surface area contributed by atoms with Gasteiger partial charge >= 0.3 is 0 Å². The first-order chi connectivity index (χ1) is 10.3. The summed E-state index contributed by atoms with van der Waals surface area (Å²) in [6.07, 6.45) is 1.60. The Morgan fingerprint density at radius 3 is 2.67 bits per heavy atom. The second kappa shape index (κ2) is 5.02. The van der Waals surface area contributed by atoms with Crippen LogP contribution in [-0.2, 0) is 0 Å². The Morgan fingerprint density at radius 1 is 0.905 bits per heavy atom. The van der Waals surface area contributed by atoms with Crippen LogP contribution in [0.5, 0.6) is 5.75 Å². The zero-order valence-corrected chi connectivity index (χ0v) is 12.5. The molecular weight excluding hydrogens is 300 g/mol. The fourth-order valence-corrected chi connectivity index (χ4v) is 4.10. The number of thiophene rings is 1. The molecule has 102 valence electrons. The van der Waals surface area contributed by atoms with Crippen LogP contribution in [0.4, 0.5) is 0 Å². The van der Waals surface area contributed by atoms with Crippen LogP contribution in [0.1, 0.15) is 0 Å². The summed E-state index contributed by atoms with van der Waals surface area (Å²) in [6.45, 7) is 0. The van der Waals surface area contributed by atoms with Gasteiger partial charge in [0.2, 0.25) is 0 Å². The zero-order chi connectivity index (χ0) is 14.2. The molecule has 4 aromatic rings. The molecule has 1 N–H and O–H groups in total. The van der Waals surface area contributed by atoms with Gasteiger partial charge in [-0.05, 0) is 29.0 Å². The molecule has 0 aliphatic rings. The topological polar surface area (TPSA) is 46.0 Å². The van der Waals surface area contributed by atoms with Crippen LogP contribution in [0.2, 0.25) is 0 Å². The van der Waals surface area contributed by atoms with E-state index in [4.69, 9.17) is 0 Å². The third kappa shape index (κ3) is 2.14. The van der Waals surface area contributed by atoms with Gasteiger partial charge in [0.05, 0.1) is 0 Å². The standard InChI is InChI=1S/C16H10N2OS2/c19-13-5-6-14(11-4-2-1-3-10(11)13)21-16-12-7-8-20-15(12)17-9-18-16/h1-9,19H. The Balaban J connectivity index is 1.88. The van der Waals surface area contributed by atoms with E-state index in [0.29, 0.717) is 5.75 Å². The largest absolute Gasteiger partial charge is 0.507 e. The quantitative estimate of drug-likeness (QED) is 0.545. The minimum Gasteiger partial charge on any atom is -0.507 e. The Hall–Kier alpha value is -2.11. The molecule has 0 saturated carbocycles. The van der Waals surface area contributed by atoms with Crippen LogP contribution in [0.15, 0.2) is 64.1 Å². The Bertz CT molecular complexity index is 949. The number of hydrogen-bond donors (Lipinski definition) is 1. The van der Waals surface area contributed by atoms with Gasteiger partial charge in [-0.15, -0.1) is 11.3 Å². The normalized spacial score (nSPS) is 11.2. The summed E-state index contributed by atoms with van der Waals surface area (Å²) < 4.78 is 0. The number of phenols is 1. The first-order valence-electron chi connectivity index (χ1n) is 6.40. The van der Waals surface area contributed by atoms with E-state index < -0.39 is 0 Å². The summed E-state index contributed by atoms with van der Waals surface area (Å²) in [4.78, 5) is 10.7. The van der Waals surface area contributed by atoms with E-state index in [2.05, 4.69) is 9.97 Å². The van der Waals surface area contributed by atoms with Gasteiger partial charge in [-0.3, -0.25) is 0 Å². The van der Waals surface area contributed by atoms with Crippen LogP contribution >= 0.6 is 23.1 Å². The second-order valence-corrected chi connectivity index (χ2v) is 6.47. The molecule has 0 radical (unpaired) electrons. The summed E-state index contributed by atoms with van der Waals surface area (Å²) in [5.41, 5.74) is 0. The van der Waals surface area contributed by atoms with Gasteiger partial charge in [-0.25, -0.2) is 9.97 Å². The number of nitrogens with zero attached hydrogens (tertiary/aromatic N) is 2. The molecule has 21 heavy (non-hydrogen) atoms. The highest BCUT2D eigenvalue weighted by molar-refractivity contribution is 7.99. The molecule has 0 bridgehead atoms. The Labute approximate surface area is 129 Å². The highest BCUT2D eigenvalue weighted by atomic mass is 32.2. The number of phenolic OH excluding ortho intramolecular Hbond substituents is 1. The first-order valence-corrected chi connectivity index (χ1v) is 8.09. The minimum absolute atomic E-state index is 0.304. The number of aromatic nitrogens is 2. The lowest BCUT2D eigenvalue weighted by molar-refractivity contribution is 0.481. The summed E-state index contributed by atoms with van der Waals surface area (Å²) in [5, 5.41) is 15.9. The molecule has 2 aromatic heterocycles. The zero-order valence-electron chi connectivity index (χ0n) is 10.9. The van der Waals surface area contributed by atoms with E-state index in [1.54, 1.807) is 35.5 Å². The van der Waals surface area contributed by atoms with Gasteiger partial charge in [-0.1, -0.05) is 36.0 Å². The predicted octanol–water partition coefficient (Wildman–Crippen LogP) is 4.70. The van der Waals surface area contributed by atoms with Crippen LogP contribution in [-0.4, -0.2) is 15.1 Å². The van der Waals surface area contributed by atoms with Gasteiger partial charge in [0.15, 0.2) is 0 Å². The van der Waals surface area contributed by atoms with E-state index in [1.807, 2.05) is 41.8 Å². The molecule has 3 nitrogen and oxygen atoms in total. The number of rotatable bonds is 2. The summed E-state index contributed by atoms with van der Waals surface area (Å²) in [7, 11) is 0. The number of fused-ring (bicyclic) bond motifs is 2. The average molecular weight is 310 g/mol. The monoisotopic (exact) mass is 310 g/mol. The van der Waals surface area contributed by atoms with Crippen LogP contribution in [0.3, 0.4) is 0 Å². The van der Waals surface area contributed by atoms with E-state index in [1.165, 1.54) is 0 Å². The minimum atomic E-state index is 0.304. The van der Waals surface area contributed by atoms with Gasteiger partial charge in [0.25, 0.3) is 0 Å². The van der Waals surface area contributed by atoms with Gasteiger partial charge in [-0.2, -0.15) is 0 Å². The number of hydrogen-bond acceptors (Lipinski definition) is 5. The molecule has 0 fully saturated rings. The number of aromatic hydroxyl groups is 1. The lowest BCUT2D eigenvalue weighted by Crippen LogP contribution is -1.84. The Morgan fingerprint density at radius 2 is 1.76 bits per heavy atom. The smallest absolute Gasteiger partial charge is 0.127 e. The lowest BCUT2D eigenvalue weighted by Gasteiger charge is -2.07. The van der Waals surface area contributed by atoms with Gasteiger partial charge < -0.3 is 5.11 Å². The van der Waals surface area contributed by atoms with E-state index in [0.717, 1.165) is 30.9 Å². The fraction of sp³-hybridized carbons (Fsp3) is 0. The molecule has 0 spiro atoms. The van der Waals surface area contributed by atoms with Crippen LogP contribution in [0.25, 0.3) is 21.0 Å². The van der Waals surface area contributed by atoms with Gasteiger partial charge in [0.1, 0.15) is 21.9 Å². The van der Waals surface area contributed by atoms with Crippen molar-refractivity contribution >= 4 is 44.1 Å². The third-order valence-electron chi connectivity index (χ3n) is 3.29. The maximum atomic E-state index is 9.97. The fourth-order valence-electron chi connectivity index (χ4n) is 2.30. The average Bonchev–Trinajstić information content (AvgIpc) is 3.00. The molecule has 0 aliphatic heterocycles. The second-order valence-electron chi connectivity index (χ2n) is 4.55. The molecule has 0 atom stereocenters. The number of benzene rings is 2.